The van der Waals surface area contributed by atoms with Crippen molar-refractivity contribution in [1.29, 1.82) is 0 Å². The lowest BCUT2D eigenvalue weighted by Crippen LogP contribution is -2.04. The normalized spacial score (nSPS) is 10.7. The lowest BCUT2D eigenvalue weighted by Gasteiger charge is -2.12. The van der Waals surface area contributed by atoms with E-state index in [1.807, 2.05) is 42.5 Å². The summed E-state index contributed by atoms with van der Waals surface area (Å²) < 4.78 is 5.37. The molecule has 0 aliphatic rings. The average molecular weight is 340 g/mol. The van der Waals surface area contributed by atoms with Crippen LogP contribution < -0.4 is 15.5 Å². The van der Waals surface area contributed by atoms with Crippen molar-refractivity contribution in [3.8, 4) is 17.1 Å². The Morgan fingerprint density at radius 2 is 1.92 bits per heavy atom. The van der Waals surface area contributed by atoms with Crippen molar-refractivity contribution >= 4 is 35.7 Å². The van der Waals surface area contributed by atoms with Gasteiger partial charge in [-0.2, -0.15) is 0 Å². The molecular weight excluding hydrogens is 323 g/mol. The van der Waals surface area contributed by atoms with E-state index in [0.717, 1.165) is 33.7 Å². The second-order valence-electron chi connectivity index (χ2n) is 6.02. The number of pyridine rings is 1. The van der Waals surface area contributed by atoms with E-state index in [4.69, 9.17) is 14.7 Å². The molecule has 0 amide bonds. The Morgan fingerprint density at radius 3 is 2.69 bits per heavy atom. The topological polar surface area (TPSA) is 59.9 Å². The third-order valence-electron chi connectivity index (χ3n) is 4.10. The summed E-state index contributed by atoms with van der Waals surface area (Å²) in [6.07, 6.45) is 3.50. The maximum atomic E-state index is 5.37. The molecule has 0 radical (unpaired) electrons. The van der Waals surface area contributed by atoms with Crippen LogP contribution in [0.3, 0.4) is 0 Å². The van der Waals surface area contributed by atoms with Crippen LogP contribution in [0.15, 0.2) is 67.0 Å². The van der Waals surface area contributed by atoms with E-state index in [0.29, 0.717) is 5.82 Å². The molecule has 0 saturated heterocycles. The van der Waals surface area contributed by atoms with E-state index in [1.165, 1.54) is 5.46 Å². The third kappa shape index (κ3) is 3.21. The van der Waals surface area contributed by atoms with E-state index < -0.39 is 0 Å². The van der Waals surface area contributed by atoms with E-state index in [1.54, 1.807) is 19.5 Å². The number of benzene rings is 2. The number of hydrogen-bond acceptors (Lipinski definition) is 5. The second kappa shape index (κ2) is 6.84. The highest BCUT2D eigenvalue weighted by Gasteiger charge is 2.11. The van der Waals surface area contributed by atoms with Gasteiger partial charge in [0.15, 0.2) is 5.82 Å². The molecule has 5 nitrogen and oxygen atoms in total. The van der Waals surface area contributed by atoms with Crippen LogP contribution in [0.4, 0.5) is 11.5 Å². The third-order valence-corrected chi connectivity index (χ3v) is 4.10. The van der Waals surface area contributed by atoms with Crippen molar-refractivity contribution in [2.45, 2.75) is 0 Å². The highest BCUT2D eigenvalue weighted by Crippen LogP contribution is 2.29. The van der Waals surface area contributed by atoms with Crippen LogP contribution in [-0.2, 0) is 0 Å². The van der Waals surface area contributed by atoms with Gasteiger partial charge in [-0.1, -0.05) is 17.6 Å². The minimum Gasteiger partial charge on any atom is -0.497 e. The van der Waals surface area contributed by atoms with Crippen molar-refractivity contribution in [1.82, 2.24) is 15.0 Å². The Hall–Kier alpha value is -3.41. The quantitative estimate of drug-likeness (QED) is 0.579. The molecule has 2 heterocycles. The van der Waals surface area contributed by atoms with Gasteiger partial charge in [-0.25, -0.2) is 9.97 Å². The molecular formula is C20H17BN4O. The van der Waals surface area contributed by atoms with Crippen LogP contribution in [-0.4, -0.2) is 29.9 Å². The minimum absolute atomic E-state index is 0.630. The summed E-state index contributed by atoms with van der Waals surface area (Å²) in [7, 11) is 3.72. The van der Waals surface area contributed by atoms with E-state index >= 15 is 0 Å². The fraction of sp³-hybridized carbons (Fsp3) is 0.0500. The van der Waals surface area contributed by atoms with Crippen molar-refractivity contribution in [3.63, 3.8) is 0 Å². The van der Waals surface area contributed by atoms with Gasteiger partial charge in [0.25, 0.3) is 0 Å². The Morgan fingerprint density at radius 1 is 1.00 bits per heavy atom. The van der Waals surface area contributed by atoms with Crippen molar-refractivity contribution in [2.24, 2.45) is 0 Å². The number of aromatic nitrogens is 3. The summed E-state index contributed by atoms with van der Waals surface area (Å²) in [6, 6.07) is 17.8. The van der Waals surface area contributed by atoms with Gasteiger partial charge < -0.3 is 10.1 Å². The Balaban J connectivity index is 1.89. The van der Waals surface area contributed by atoms with Gasteiger partial charge in [0.05, 0.1) is 12.6 Å². The summed E-state index contributed by atoms with van der Waals surface area (Å²) in [5.74, 6) is 2.13. The first-order valence-corrected chi connectivity index (χ1v) is 8.33. The molecule has 0 unspecified atom stereocenters. The maximum absolute atomic E-state index is 5.37. The number of rotatable bonds is 4. The summed E-state index contributed by atoms with van der Waals surface area (Å²) in [5.41, 5.74) is 3.87. The SMILES string of the molecule is Bc1cccc(Nc2nc(-c3cccnc3)nc3ccc(OC)cc23)c1. The highest BCUT2D eigenvalue weighted by molar-refractivity contribution is 6.32. The number of nitrogens with zero attached hydrogens (tertiary/aromatic N) is 3. The van der Waals surface area contributed by atoms with Crippen LogP contribution >= 0.6 is 0 Å². The molecule has 0 bridgehead atoms. The smallest absolute Gasteiger partial charge is 0.163 e. The van der Waals surface area contributed by atoms with E-state index in [2.05, 4.69) is 30.3 Å². The van der Waals surface area contributed by atoms with Crippen LogP contribution in [0.1, 0.15) is 0 Å². The van der Waals surface area contributed by atoms with E-state index in [-0.39, 0.29) is 0 Å². The molecule has 0 spiro atoms. The fourth-order valence-corrected chi connectivity index (χ4v) is 2.81. The van der Waals surface area contributed by atoms with Gasteiger partial charge in [-0.15, -0.1) is 0 Å². The number of fused-ring (bicyclic) bond motifs is 1. The van der Waals surface area contributed by atoms with Gasteiger partial charge in [0, 0.05) is 29.0 Å². The lowest BCUT2D eigenvalue weighted by molar-refractivity contribution is 0.415. The predicted octanol–water partition coefficient (Wildman–Crippen LogP) is 2.70. The zero-order chi connectivity index (χ0) is 17.9. The van der Waals surface area contributed by atoms with Crippen molar-refractivity contribution < 1.29 is 4.74 Å². The van der Waals surface area contributed by atoms with Gasteiger partial charge in [-0.3, -0.25) is 4.98 Å². The summed E-state index contributed by atoms with van der Waals surface area (Å²) in [5, 5.41) is 4.32. The number of nitrogens with one attached hydrogen (secondary N) is 1. The van der Waals surface area contributed by atoms with Crippen LogP contribution in [0, 0.1) is 0 Å². The molecule has 126 valence electrons. The van der Waals surface area contributed by atoms with Gasteiger partial charge >= 0.3 is 0 Å². The predicted molar refractivity (Wildman–Crippen MR) is 107 cm³/mol. The molecule has 0 aliphatic carbocycles. The Bertz CT molecular complexity index is 1070. The monoisotopic (exact) mass is 340 g/mol. The zero-order valence-electron chi connectivity index (χ0n) is 14.6. The maximum Gasteiger partial charge on any atom is 0.163 e. The van der Waals surface area contributed by atoms with E-state index in [9.17, 15) is 0 Å². The standard InChI is InChI=1S/C20H17BN4O/c1-26-16-7-8-18-17(11-16)20(23-15-6-2-5-14(21)10-15)25-19(24-18)13-4-3-9-22-12-13/h2-12H,21H2,1H3,(H,23,24,25). The minimum atomic E-state index is 0.630. The number of ether oxygens (including phenoxy) is 1. The van der Waals surface area contributed by atoms with Gasteiger partial charge in [0.2, 0.25) is 0 Å². The molecule has 2 aromatic heterocycles. The second-order valence-corrected chi connectivity index (χ2v) is 6.02. The Labute approximate surface area is 152 Å². The molecule has 6 heteroatoms. The lowest BCUT2D eigenvalue weighted by atomic mass is 9.96. The highest BCUT2D eigenvalue weighted by atomic mass is 16.5. The first kappa shape index (κ1) is 16.1. The molecule has 1 N–H and O–H groups in total. The summed E-state index contributed by atoms with van der Waals surface area (Å²) >= 11 is 0. The molecule has 0 atom stereocenters. The van der Waals surface area contributed by atoms with Crippen LogP contribution in [0.25, 0.3) is 22.3 Å². The van der Waals surface area contributed by atoms with Gasteiger partial charge in [0.1, 0.15) is 19.4 Å². The first-order chi connectivity index (χ1) is 12.7. The number of anilines is 2. The molecule has 2 aromatic carbocycles. The number of hydrogen-bond donors (Lipinski definition) is 1. The van der Waals surface area contributed by atoms with Gasteiger partial charge in [-0.05, 0) is 42.5 Å². The summed E-state index contributed by atoms with van der Waals surface area (Å²) in [4.78, 5) is 13.6. The molecule has 26 heavy (non-hydrogen) atoms. The Kier molecular flexibility index (Phi) is 4.23. The van der Waals surface area contributed by atoms with Crippen molar-refractivity contribution in [2.75, 3.05) is 12.4 Å². The largest absolute Gasteiger partial charge is 0.497 e. The fourth-order valence-electron chi connectivity index (χ4n) is 2.81. The average Bonchev–Trinajstić information content (AvgIpc) is 2.68. The molecule has 0 fully saturated rings. The van der Waals surface area contributed by atoms with Crippen molar-refractivity contribution in [3.05, 3.63) is 67.0 Å². The zero-order valence-corrected chi connectivity index (χ0v) is 14.6. The molecule has 4 aromatic rings. The summed E-state index contributed by atoms with van der Waals surface area (Å²) in [6.45, 7) is 0. The van der Waals surface area contributed by atoms with Crippen LogP contribution in [0.5, 0.6) is 5.75 Å². The number of methoxy groups -OCH3 is 1. The van der Waals surface area contributed by atoms with Crippen LogP contribution in [0.2, 0.25) is 0 Å². The molecule has 0 saturated carbocycles. The molecule has 4 rings (SSSR count). The first-order valence-electron chi connectivity index (χ1n) is 8.33. The molecule has 0 aliphatic heterocycles.